The molecule has 1 aromatic heterocycles. The highest BCUT2D eigenvalue weighted by atomic mass is 32.1. The fourth-order valence-corrected chi connectivity index (χ4v) is 3.46. The summed E-state index contributed by atoms with van der Waals surface area (Å²) in [6.07, 6.45) is 0.288. The maximum Gasteiger partial charge on any atom is 0.186 e. The van der Waals surface area contributed by atoms with Gasteiger partial charge in [-0.3, -0.25) is 0 Å². The second kappa shape index (κ2) is 5.55. The number of anilines is 1. The maximum absolute atomic E-state index is 5.67. The van der Waals surface area contributed by atoms with E-state index in [4.69, 9.17) is 9.72 Å². The van der Waals surface area contributed by atoms with Crippen molar-refractivity contribution in [2.45, 2.75) is 45.9 Å². The molecule has 0 aliphatic carbocycles. The lowest BCUT2D eigenvalue weighted by Crippen LogP contribution is -2.47. The normalized spacial score (nSPS) is 26.4. The van der Waals surface area contributed by atoms with Gasteiger partial charge < -0.3 is 15.0 Å². The molecule has 2 heterocycles. The lowest BCUT2D eigenvalue weighted by Gasteiger charge is -2.36. The first-order valence-electron chi connectivity index (χ1n) is 6.55. The number of nitrogens with one attached hydrogen (secondary N) is 1. The Bertz CT molecular complexity index is 407. The number of aromatic nitrogens is 1. The lowest BCUT2D eigenvalue weighted by molar-refractivity contribution is 0.0343. The van der Waals surface area contributed by atoms with E-state index in [0.29, 0.717) is 12.1 Å². The number of hydrogen-bond donors (Lipinski definition) is 1. The number of thiazole rings is 1. The van der Waals surface area contributed by atoms with Crippen molar-refractivity contribution in [1.29, 1.82) is 0 Å². The van der Waals surface area contributed by atoms with Crippen LogP contribution >= 0.6 is 11.3 Å². The molecule has 1 aliphatic rings. The molecule has 0 amide bonds. The Hall–Kier alpha value is -0.650. The molecule has 1 N–H and O–H groups in total. The number of aryl methyl sites for hydroxylation is 1. The van der Waals surface area contributed by atoms with E-state index < -0.39 is 0 Å². The molecule has 18 heavy (non-hydrogen) atoms. The molecular weight excluding hydrogens is 246 g/mol. The third kappa shape index (κ3) is 2.68. The lowest BCUT2D eigenvalue weighted by atomic mass is 10.2. The number of morpholine rings is 1. The van der Waals surface area contributed by atoms with Crippen molar-refractivity contribution in [3.05, 3.63) is 10.6 Å². The Morgan fingerprint density at radius 3 is 2.89 bits per heavy atom. The fourth-order valence-electron chi connectivity index (χ4n) is 2.22. The average molecular weight is 269 g/mol. The van der Waals surface area contributed by atoms with Crippen molar-refractivity contribution in [3.63, 3.8) is 0 Å². The van der Waals surface area contributed by atoms with Gasteiger partial charge in [0, 0.05) is 17.5 Å². The molecule has 0 spiro atoms. The molecule has 5 heteroatoms. The SMILES string of the molecule is CNC(C)c1sc(N2CC(C)OCC2C)nc1C. The summed E-state index contributed by atoms with van der Waals surface area (Å²) in [4.78, 5) is 8.44. The summed E-state index contributed by atoms with van der Waals surface area (Å²) in [5, 5.41) is 4.42. The van der Waals surface area contributed by atoms with Crippen LogP contribution in [0.15, 0.2) is 0 Å². The standard InChI is InChI=1S/C13H23N3OS/c1-8-7-17-9(2)6-16(8)13-15-11(4)12(18-13)10(3)14-5/h8-10,14H,6-7H2,1-5H3. The molecule has 0 saturated carbocycles. The molecular formula is C13H23N3OS. The smallest absolute Gasteiger partial charge is 0.186 e. The Kier molecular flexibility index (Phi) is 4.25. The minimum Gasteiger partial charge on any atom is -0.375 e. The largest absolute Gasteiger partial charge is 0.375 e. The Morgan fingerprint density at radius 2 is 2.22 bits per heavy atom. The van der Waals surface area contributed by atoms with Gasteiger partial charge in [-0.1, -0.05) is 0 Å². The van der Waals surface area contributed by atoms with E-state index in [0.717, 1.165) is 24.0 Å². The van der Waals surface area contributed by atoms with Gasteiger partial charge in [-0.25, -0.2) is 4.98 Å². The maximum atomic E-state index is 5.67. The minimum atomic E-state index is 0.288. The third-order valence-electron chi connectivity index (χ3n) is 3.50. The summed E-state index contributed by atoms with van der Waals surface area (Å²) in [5.74, 6) is 0. The van der Waals surface area contributed by atoms with Crippen LogP contribution in [0.25, 0.3) is 0 Å². The molecule has 1 saturated heterocycles. The molecule has 1 aromatic rings. The first kappa shape index (κ1) is 13.8. The van der Waals surface area contributed by atoms with Crippen LogP contribution in [0.3, 0.4) is 0 Å². The second-order valence-electron chi connectivity index (χ2n) is 5.10. The molecule has 4 nitrogen and oxygen atoms in total. The van der Waals surface area contributed by atoms with Crippen LogP contribution in [0, 0.1) is 6.92 Å². The highest BCUT2D eigenvalue weighted by Crippen LogP contribution is 2.32. The average Bonchev–Trinajstić information content (AvgIpc) is 2.73. The van der Waals surface area contributed by atoms with Gasteiger partial charge in [-0.2, -0.15) is 0 Å². The Morgan fingerprint density at radius 1 is 1.50 bits per heavy atom. The highest BCUT2D eigenvalue weighted by Gasteiger charge is 2.27. The van der Waals surface area contributed by atoms with Crippen molar-refractivity contribution in [2.75, 3.05) is 25.1 Å². The van der Waals surface area contributed by atoms with Crippen LogP contribution in [-0.4, -0.2) is 37.3 Å². The molecule has 102 valence electrons. The Balaban J connectivity index is 2.22. The van der Waals surface area contributed by atoms with E-state index >= 15 is 0 Å². The van der Waals surface area contributed by atoms with Crippen LogP contribution in [-0.2, 0) is 4.74 Å². The van der Waals surface area contributed by atoms with Gasteiger partial charge >= 0.3 is 0 Å². The minimum absolute atomic E-state index is 0.288. The van der Waals surface area contributed by atoms with Crippen molar-refractivity contribution in [3.8, 4) is 0 Å². The van der Waals surface area contributed by atoms with Crippen LogP contribution in [0.2, 0.25) is 0 Å². The molecule has 3 atom stereocenters. The molecule has 1 fully saturated rings. The van der Waals surface area contributed by atoms with Gasteiger partial charge in [0.05, 0.1) is 24.4 Å². The summed E-state index contributed by atoms with van der Waals surface area (Å²) in [7, 11) is 1.99. The molecule has 0 aromatic carbocycles. The molecule has 2 rings (SSSR count). The van der Waals surface area contributed by atoms with Crippen molar-refractivity contribution < 1.29 is 4.74 Å². The second-order valence-corrected chi connectivity index (χ2v) is 6.11. The quantitative estimate of drug-likeness (QED) is 0.914. The molecule has 1 aliphatic heterocycles. The Labute approximate surface area is 113 Å². The van der Waals surface area contributed by atoms with E-state index in [1.54, 1.807) is 11.3 Å². The van der Waals surface area contributed by atoms with Gasteiger partial charge in [-0.15, -0.1) is 11.3 Å². The summed E-state index contributed by atoms with van der Waals surface area (Å²) in [6.45, 7) is 10.3. The number of ether oxygens (including phenoxy) is 1. The van der Waals surface area contributed by atoms with Crippen molar-refractivity contribution in [2.24, 2.45) is 0 Å². The van der Waals surface area contributed by atoms with E-state index in [1.807, 2.05) is 7.05 Å². The zero-order valence-corrected chi connectivity index (χ0v) is 12.7. The van der Waals surface area contributed by atoms with Gasteiger partial charge in [0.25, 0.3) is 0 Å². The van der Waals surface area contributed by atoms with Gasteiger partial charge in [0.2, 0.25) is 0 Å². The molecule has 0 bridgehead atoms. The monoisotopic (exact) mass is 269 g/mol. The highest BCUT2D eigenvalue weighted by molar-refractivity contribution is 7.15. The van der Waals surface area contributed by atoms with Crippen molar-refractivity contribution in [1.82, 2.24) is 10.3 Å². The molecule has 0 radical (unpaired) electrons. The van der Waals surface area contributed by atoms with Crippen LogP contribution in [0.1, 0.15) is 37.4 Å². The summed E-state index contributed by atoms with van der Waals surface area (Å²) < 4.78 is 5.67. The van der Waals surface area contributed by atoms with Gasteiger partial charge in [0.1, 0.15) is 0 Å². The zero-order valence-electron chi connectivity index (χ0n) is 11.9. The van der Waals surface area contributed by atoms with E-state index in [1.165, 1.54) is 4.88 Å². The van der Waals surface area contributed by atoms with Gasteiger partial charge in [0.15, 0.2) is 5.13 Å². The van der Waals surface area contributed by atoms with Crippen molar-refractivity contribution >= 4 is 16.5 Å². The van der Waals surface area contributed by atoms with Crippen LogP contribution < -0.4 is 10.2 Å². The summed E-state index contributed by atoms with van der Waals surface area (Å²) >= 11 is 1.80. The predicted molar refractivity (Wildman–Crippen MR) is 76.5 cm³/mol. The van der Waals surface area contributed by atoms with E-state index in [2.05, 4.69) is 37.9 Å². The van der Waals surface area contributed by atoms with Crippen LogP contribution in [0.4, 0.5) is 5.13 Å². The third-order valence-corrected chi connectivity index (χ3v) is 4.88. The fraction of sp³-hybridized carbons (Fsp3) is 0.769. The zero-order chi connectivity index (χ0) is 13.3. The summed E-state index contributed by atoms with van der Waals surface area (Å²) in [6, 6.07) is 0.773. The number of rotatable bonds is 3. The summed E-state index contributed by atoms with van der Waals surface area (Å²) in [5.41, 5.74) is 1.14. The number of nitrogens with zero attached hydrogens (tertiary/aromatic N) is 2. The van der Waals surface area contributed by atoms with E-state index in [-0.39, 0.29) is 6.10 Å². The first-order chi connectivity index (χ1) is 8.52. The van der Waals surface area contributed by atoms with E-state index in [9.17, 15) is 0 Å². The first-order valence-corrected chi connectivity index (χ1v) is 7.37. The van der Waals surface area contributed by atoms with Gasteiger partial charge in [-0.05, 0) is 34.7 Å². The predicted octanol–water partition coefficient (Wildman–Crippen LogP) is 2.35. The van der Waals surface area contributed by atoms with Crippen LogP contribution in [0.5, 0.6) is 0 Å². The topological polar surface area (TPSA) is 37.4 Å². The number of hydrogen-bond acceptors (Lipinski definition) is 5. The molecule has 3 unspecified atom stereocenters.